The fourth-order valence-electron chi connectivity index (χ4n) is 4.77. The Kier molecular flexibility index (Phi) is 4.82. The van der Waals surface area contributed by atoms with E-state index in [1.807, 2.05) is 42.5 Å². The lowest BCUT2D eigenvalue weighted by atomic mass is 9.80. The maximum absolute atomic E-state index is 13.8. The van der Waals surface area contributed by atoms with Crippen LogP contribution in [0.3, 0.4) is 0 Å². The van der Waals surface area contributed by atoms with E-state index >= 15 is 0 Å². The molecular formula is C26H22BrF2NO2. The Morgan fingerprint density at radius 1 is 1.00 bits per heavy atom. The van der Waals surface area contributed by atoms with Crippen molar-refractivity contribution in [1.29, 1.82) is 0 Å². The van der Waals surface area contributed by atoms with E-state index in [-0.39, 0.29) is 17.4 Å². The summed E-state index contributed by atoms with van der Waals surface area (Å²) in [4.78, 5) is 0. The quantitative estimate of drug-likeness (QED) is 0.375. The molecule has 164 valence electrons. The molecule has 0 spiro atoms. The molecule has 3 nitrogen and oxygen atoms in total. The van der Waals surface area contributed by atoms with E-state index in [0.29, 0.717) is 11.3 Å². The third-order valence-corrected chi connectivity index (χ3v) is 5.93. The summed E-state index contributed by atoms with van der Waals surface area (Å²) in [6.45, 7) is 6.31. The molecule has 2 aliphatic heterocycles. The highest BCUT2D eigenvalue weighted by atomic mass is 79.9. The van der Waals surface area contributed by atoms with Crippen LogP contribution in [0.1, 0.15) is 43.6 Å². The molecule has 3 aromatic rings. The molecule has 6 heteroatoms. The number of hydrogen-bond donors (Lipinski definition) is 1. The molecule has 0 aliphatic carbocycles. The monoisotopic (exact) mass is 497 g/mol. The van der Waals surface area contributed by atoms with Gasteiger partial charge in [-0.25, -0.2) is 0 Å². The molecule has 2 heterocycles. The minimum atomic E-state index is -3.49. The first-order chi connectivity index (χ1) is 15.1. The maximum atomic E-state index is 13.8. The van der Waals surface area contributed by atoms with Crippen LogP contribution in [-0.2, 0) is 0 Å². The maximum Gasteiger partial charge on any atom is 0.459 e. The largest absolute Gasteiger partial charge is 0.480 e. The van der Waals surface area contributed by atoms with E-state index in [4.69, 9.17) is 9.47 Å². The molecule has 0 radical (unpaired) electrons. The number of allylic oxidation sites excluding steroid dienone is 1. The van der Waals surface area contributed by atoms with Crippen LogP contribution in [0.15, 0.2) is 66.7 Å². The fourth-order valence-corrected chi connectivity index (χ4v) is 4.94. The van der Waals surface area contributed by atoms with Crippen molar-refractivity contribution in [3.8, 4) is 22.6 Å². The number of fused-ring (bicyclic) bond motifs is 5. The van der Waals surface area contributed by atoms with Gasteiger partial charge in [-0.15, -0.1) is 0 Å². The van der Waals surface area contributed by atoms with Gasteiger partial charge < -0.3 is 14.8 Å². The molecule has 1 unspecified atom stereocenters. The number of ether oxygens (including phenoxy) is 2. The summed E-state index contributed by atoms with van der Waals surface area (Å²) in [5, 5.41) is 0.0830. The van der Waals surface area contributed by atoms with Crippen LogP contribution >= 0.6 is 15.9 Å². The van der Waals surface area contributed by atoms with Gasteiger partial charge in [0.15, 0.2) is 6.10 Å². The van der Waals surface area contributed by atoms with Crippen molar-refractivity contribution in [2.75, 3.05) is 5.32 Å². The minimum absolute atomic E-state index is 0.0582. The first-order valence-corrected chi connectivity index (χ1v) is 11.2. The number of benzene rings is 3. The summed E-state index contributed by atoms with van der Waals surface area (Å²) in [6, 6.07) is 18.9. The lowest BCUT2D eigenvalue weighted by Crippen LogP contribution is -2.32. The van der Waals surface area contributed by atoms with Crippen molar-refractivity contribution < 1.29 is 18.3 Å². The minimum Gasteiger partial charge on any atom is -0.480 e. The van der Waals surface area contributed by atoms with Crippen molar-refractivity contribution >= 4 is 27.2 Å². The zero-order valence-corrected chi connectivity index (χ0v) is 19.5. The SMILES string of the molecule is CC1=CC(C)(C)Nc2ccc3c(c21)C(c1ccccc1)Oc1cccc(OC(F)(F)Br)c1-3. The van der Waals surface area contributed by atoms with Crippen LogP contribution in [0.25, 0.3) is 16.7 Å². The zero-order valence-electron chi connectivity index (χ0n) is 17.9. The van der Waals surface area contributed by atoms with E-state index in [0.717, 1.165) is 33.5 Å². The molecule has 0 fully saturated rings. The summed E-state index contributed by atoms with van der Waals surface area (Å²) >= 11 is 2.30. The fraction of sp³-hybridized carbons (Fsp3) is 0.231. The lowest BCUT2D eigenvalue weighted by Gasteiger charge is -2.37. The van der Waals surface area contributed by atoms with Crippen LogP contribution in [0.4, 0.5) is 14.5 Å². The summed E-state index contributed by atoms with van der Waals surface area (Å²) in [7, 11) is 0. The van der Waals surface area contributed by atoms with Crippen LogP contribution in [0.5, 0.6) is 11.5 Å². The van der Waals surface area contributed by atoms with Crippen LogP contribution in [0, 0.1) is 0 Å². The molecule has 1 atom stereocenters. The Labute approximate surface area is 194 Å². The Balaban J connectivity index is 1.80. The molecule has 0 aromatic heterocycles. The first-order valence-electron chi connectivity index (χ1n) is 10.4. The standard InChI is InChI=1S/C26H22BrF2NO2/c1-15-14-25(2,3)30-18-13-12-17-22-19(10-7-11-20(22)32-26(27,28)29)31-24(23(17)21(15)18)16-8-5-4-6-9-16/h4-14,24,30H,1-3H3. The third-order valence-electron chi connectivity index (χ3n) is 5.77. The number of anilines is 1. The molecule has 5 rings (SSSR count). The second-order valence-electron chi connectivity index (χ2n) is 8.71. The number of hydrogen-bond acceptors (Lipinski definition) is 3. The molecule has 32 heavy (non-hydrogen) atoms. The van der Waals surface area contributed by atoms with Crippen molar-refractivity contribution in [2.45, 2.75) is 37.4 Å². The van der Waals surface area contributed by atoms with Crippen molar-refractivity contribution in [3.63, 3.8) is 0 Å². The van der Waals surface area contributed by atoms with Crippen molar-refractivity contribution in [2.24, 2.45) is 0 Å². The van der Waals surface area contributed by atoms with Gasteiger partial charge in [0.2, 0.25) is 0 Å². The normalized spacial score (nSPS) is 18.3. The lowest BCUT2D eigenvalue weighted by molar-refractivity contribution is -0.0800. The highest BCUT2D eigenvalue weighted by molar-refractivity contribution is 9.09. The third kappa shape index (κ3) is 3.66. The van der Waals surface area contributed by atoms with Gasteiger partial charge in [0, 0.05) is 32.7 Å². The molecule has 0 saturated carbocycles. The molecule has 0 saturated heterocycles. The number of halogens is 3. The second kappa shape index (κ2) is 7.34. The zero-order chi connectivity index (χ0) is 22.7. The first kappa shape index (κ1) is 21.0. The van der Waals surface area contributed by atoms with Gasteiger partial charge in [0.05, 0.1) is 11.1 Å². The molecule has 2 aliphatic rings. The van der Waals surface area contributed by atoms with E-state index in [2.05, 4.69) is 48.1 Å². The van der Waals surface area contributed by atoms with E-state index < -0.39 is 5.02 Å². The van der Waals surface area contributed by atoms with Gasteiger partial charge in [-0.2, -0.15) is 8.78 Å². The Morgan fingerprint density at radius 2 is 1.75 bits per heavy atom. The molecule has 0 bridgehead atoms. The Bertz CT molecular complexity index is 1230. The van der Waals surface area contributed by atoms with Crippen molar-refractivity contribution in [1.82, 2.24) is 0 Å². The van der Waals surface area contributed by atoms with Crippen LogP contribution in [-0.4, -0.2) is 10.6 Å². The Morgan fingerprint density at radius 3 is 2.47 bits per heavy atom. The average Bonchev–Trinajstić information content (AvgIpc) is 2.71. The highest BCUT2D eigenvalue weighted by Gasteiger charge is 2.37. The highest BCUT2D eigenvalue weighted by Crippen LogP contribution is 2.53. The Hall–Kier alpha value is -2.86. The van der Waals surface area contributed by atoms with Gasteiger partial charge in [-0.05, 0) is 55.7 Å². The molecule has 1 N–H and O–H groups in total. The van der Waals surface area contributed by atoms with Crippen LogP contribution < -0.4 is 14.8 Å². The number of rotatable bonds is 3. The van der Waals surface area contributed by atoms with Crippen molar-refractivity contribution in [3.05, 3.63) is 83.4 Å². The van der Waals surface area contributed by atoms with Gasteiger partial charge >= 0.3 is 5.02 Å². The predicted molar refractivity (Wildman–Crippen MR) is 127 cm³/mol. The van der Waals surface area contributed by atoms with E-state index in [1.54, 1.807) is 12.1 Å². The molecular weight excluding hydrogens is 476 g/mol. The van der Waals surface area contributed by atoms with Crippen LogP contribution in [0.2, 0.25) is 0 Å². The average molecular weight is 498 g/mol. The summed E-state index contributed by atoms with van der Waals surface area (Å²) in [5.74, 6) is 0.564. The summed E-state index contributed by atoms with van der Waals surface area (Å²) in [6.07, 6.45) is 1.79. The van der Waals surface area contributed by atoms with Gasteiger partial charge in [0.1, 0.15) is 11.5 Å². The summed E-state index contributed by atoms with van der Waals surface area (Å²) in [5.41, 5.74) is 6.20. The summed E-state index contributed by atoms with van der Waals surface area (Å²) < 4.78 is 38.9. The van der Waals surface area contributed by atoms with Gasteiger partial charge in [0.25, 0.3) is 0 Å². The second-order valence-corrected chi connectivity index (χ2v) is 9.63. The smallest absolute Gasteiger partial charge is 0.459 e. The topological polar surface area (TPSA) is 30.5 Å². The number of nitrogens with one attached hydrogen (secondary N) is 1. The number of alkyl halides is 3. The van der Waals surface area contributed by atoms with Gasteiger partial charge in [-0.3, -0.25) is 0 Å². The van der Waals surface area contributed by atoms with E-state index in [9.17, 15) is 8.78 Å². The molecule has 3 aromatic carbocycles. The van der Waals surface area contributed by atoms with Gasteiger partial charge in [-0.1, -0.05) is 48.5 Å². The molecule has 0 amide bonds. The van der Waals surface area contributed by atoms with E-state index in [1.165, 1.54) is 6.07 Å². The predicted octanol–water partition coefficient (Wildman–Crippen LogP) is 7.77.